The van der Waals surface area contributed by atoms with Gasteiger partial charge in [0.25, 0.3) is 0 Å². The SMILES string of the molecule is CC(O)C(=O)[O-].CC(O)C(=O)[O-].[Ca+2].[Mg+2]. The van der Waals surface area contributed by atoms with Crippen molar-refractivity contribution in [1.82, 2.24) is 0 Å². The molecule has 0 aliphatic rings. The summed E-state index contributed by atoms with van der Waals surface area (Å²) in [4.78, 5) is 18.7. The van der Waals surface area contributed by atoms with Crippen LogP contribution in [-0.4, -0.2) is 95.2 Å². The van der Waals surface area contributed by atoms with Crippen LogP contribution in [0.1, 0.15) is 13.8 Å². The fourth-order valence-electron chi connectivity index (χ4n) is 0. The second-order valence-corrected chi connectivity index (χ2v) is 1.99. The number of carboxylic acids is 2. The summed E-state index contributed by atoms with van der Waals surface area (Å²) in [7, 11) is 0. The molecule has 0 heterocycles. The normalized spacial score (nSPS) is 11.7. The molecular formula is C6H10CaMgO6+2. The summed E-state index contributed by atoms with van der Waals surface area (Å²) in [6.07, 6.45) is -2.69. The van der Waals surface area contributed by atoms with Crippen molar-refractivity contribution in [1.29, 1.82) is 0 Å². The zero-order chi connectivity index (χ0) is 10.3. The number of hydrogen-bond acceptors (Lipinski definition) is 6. The second kappa shape index (κ2) is 13.9. The van der Waals surface area contributed by atoms with Crippen LogP contribution < -0.4 is 10.2 Å². The molecule has 72 valence electrons. The van der Waals surface area contributed by atoms with Gasteiger partial charge in [-0.1, -0.05) is 0 Å². The predicted molar refractivity (Wildman–Crippen MR) is 44.9 cm³/mol. The first-order valence-corrected chi connectivity index (χ1v) is 3.06. The van der Waals surface area contributed by atoms with Gasteiger partial charge in [-0.3, -0.25) is 0 Å². The molecule has 0 rings (SSSR count). The molecule has 0 aliphatic heterocycles. The van der Waals surface area contributed by atoms with Crippen LogP contribution >= 0.6 is 0 Å². The fourth-order valence-corrected chi connectivity index (χ4v) is 0. The Morgan fingerprint density at radius 3 is 1.07 bits per heavy atom. The van der Waals surface area contributed by atoms with Gasteiger partial charge >= 0.3 is 60.8 Å². The molecule has 2 atom stereocenters. The van der Waals surface area contributed by atoms with Crippen molar-refractivity contribution >= 4 is 72.7 Å². The third-order valence-corrected chi connectivity index (χ3v) is 0.682. The van der Waals surface area contributed by atoms with Crippen LogP contribution in [0.2, 0.25) is 0 Å². The van der Waals surface area contributed by atoms with Crippen molar-refractivity contribution in [3.05, 3.63) is 0 Å². The molecule has 0 bridgehead atoms. The molecule has 0 aromatic heterocycles. The van der Waals surface area contributed by atoms with Gasteiger partial charge in [-0.15, -0.1) is 0 Å². The Bertz CT molecular complexity index is 142. The topological polar surface area (TPSA) is 121 Å². The smallest absolute Gasteiger partial charge is 0.547 e. The molecule has 2 N–H and O–H groups in total. The van der Waals surface area contributed by atoms with Gasteiger partial charge in [-0.25, -0.2) is 0 Å². The Labute approximate surface area is 127 Å². The maximum absolute atomic E-state index is 9.34. The number of rotatable bonds is 2. The summed E-state index contributed by atoms with van der Waals surface area (Å²) in [5.74, 6) is -2.87. The van der Waals surface area contributed by atoms with Gasteiger partial charge in [0.1, 0.15) is 0 Å². The molecule has 6 nitrogen and oxygen atoms in total. The Morgan fingerprint density at radius 1 is 1.00 bits per heavy atom. The average Bonchev–Trinajstić information content (AvgIpc) is 1.88. The van der Waals surface area contributed by atoms with Gasteiger partial charge in [-0.2, -0.15) is 0 Å². The largest absolute Gasteiger partial charge is 2.00 e. The van der Waals surface area contributed by atoms with Gasteiger partial charge < -0.3 is 30.0 Å². The maximum atomic E-state index is 9.34. The average molecular weight is 243 g/mol. The molecule has 0 aliphatic carbocycles. The maximum Gasteiger partial charge on any atom is 2.00 e. The molecule has 2 unspecified atom stereocenters. The summed E-state index contributed by atoms with van der Waals surface area (Å²) in [6.45, 7) is 2.27. The van der Waals surface area contributed by atoms with Gasteiger partial charge in [0.2, 0.25) is 0 Å². The Balaban J connectivity index is -0.0000000625. The van der Waals surface area contributed by atoms with E-state index in [2.05, 4.69) is 0 Å². The van der Waals surface area contributed by atoms with E-state index >= 15 is 0 Å². The summed E-state index contributed by atoms with van der Waals surface area (Å²) in [5.41, 5.74) is 0. The van der Waals surface area contributed by atoms with Crippen LogP contribution in [0.5, 0.6) is 0 Å². The van der Waals surface area contributed by atoms with Crippen molar-refractivity contribution in [2.24, 2.45) is 0 Å². The van der Waals surface area contributed by atoms with E-state index in [-0.39, 0.29) is 60.8 Å². The third-order valence-electron chi connectivity index (χ3n) is 0.682. The van der Waals surface area contributed by atoms with E-state index in [1.165, 1.54) is 0 Å². The minimum absolute atomic E-state index is 0. The van der Waals surface area contributed by atoms with Crippen LogP contribution in [0, 0.1) is 0 Å². The van der Waals surface area contributed by atoms with Crippen molar-refractivity contribution in [2.45, 2.75) is 26.1 Å². The molecule has 0 aromatic rings. The molecule has 0 spiro atoms. The fraction of sp³-hybridized carbons (Fsp3) is 0.667. The second-order valence-electron chi connectivity index (χ2n) is 1.99. The first-order valence-electron chi connectivity index (χ1n) is 3.06. The number of aliphatic hydroxyl groups is 2. The minimum Gasteiger partial charge on any atom is -0.547 e. The van der Waals surface area contributed by atoms with Crippen molar-refractivity contribution in [2.75, 3.05) is 0 Å². The molecule has 0 saturated heterocycles. The molecule has 0 amide bonds. The molecule has 0 radical (unpaired) electrons. The van der Waals surface area contributed by atoms with E-state index in [1.54, 1.807) is 0 Å². The van der Waals surface area contributed by atoms with Gasteiger partial charge in [0.15, 0.2) is 0 Å². The van der Waals surface area contributed by atoms with Gasteiger partial charge in [0, 0.05) is 0 Å². The van der Waals surface area contributed by atoms with E-state index in [0.29, 0.717) is 0 Å². The van der Waals surface area contributed by atoms with E-state index in [4.69, 9.17) is 10.2 Å². The van der Waals surface area contributed by atoms with Crippen molar-refractivity contribution in [3.63, 3.8) is 0 Å². The molecule has 0 fully saturated rings. The molecule has 14 heavy (non-hydrogen) atoms. The monoisotopic (exact) mass is 242 g/mol. The first-order chi connectivity index (χ1) is 5.29. The molecule has 0 saturated carbocycles. The zero-order valence-corrected chi connectivity index (χ0v) is 11.7. The number of carbonyl (C=O) groups excluding carboxylic acids is 2. The molecule has 8 heteroatoms. The number of aliphatic hydroxyl groups excluding tert-OH is 2. The number of carbonyl (C=O) groups is 2. The van der Waals surface area contributed by atoms with E-state index in [1.807, 2.05) is 0 Å². The van der Waals surface area contributed by atoms with Crippen LogP contribution in [0.4, 0.5) is 0 Å². The predicted octanol–water partition coefficient (Wildman–Crippen LogP) is -4.53. The van der Waals surface area contributed by atoms with Gasteiger partial charge in [0.05, 0.1) is 24.1 Å². The van der Waals surface area contributed by atoms with Gasteiger partial charge in [-0.05, 0) is 13.8 Å². The summed E-state index contributed by atoms with van der Waals surface area (Å²) >= 11 is 0. The minimum atomic E-state index is -1.44. The zero-order valence-electron chi connectivity index (χ0n) is 8.10. The van der Waals surface area contributed by atoms with E-state index < -0.39 is 24.1 Å². The van der Waals surface area contributed by atoms with Crippen molar-refractivity contribution < 1.29 is 30.0 Å². The Kier molecular flexibility index (Phi) is 24.0. The van der Waals surface area contributed by atoms with Crippen LogP contribution in [0.3, 0.4) is 0 Å². The number of carboxylic acid groups (broad SMARTS) is 2. The summed E-state index contributed by atoms with van der Waals surface area (Å²) in [5, 5.41) is 34.6. The van der Waals surface area contributed by atoms with Crippen molar-refractivity contribution in [3.8, 4) is 0 Å². The quantitative estimate of drug-likeness (QED) is 0.471. The van der Waals surface area contributed by atoms with Crippen LogP contribution in [0.15, 0.2) is 0 Å². The molecule has 0 aromatic carbocycles. The van der Waals surface area contributed by atoms with Crippen LogP contribution in [0.25, 0.3) is 0 Å². The van der Waals surface area contributed by atoms with E-state index in [9.17, 15) is 19.8 Å². The summed E-state index contributed by atoms with van der Waals surface area (Å²) < 4.78 is 0. The Morgan fingerprint density at radius 2 is 1.07 bits per heavy atom. The standard InChI is InChI=1S/2C3H6O3.Ca.Mg/c2*1-2(4)3(5)6;;/h2*2,4H,1H3,(H,5,6);;/q;;2*+2/p-2. The summed E-state index contributed by atoms with van der Waals surface area (Å²) in [6, 6.07) is 0. The first kappa shape index (κ1) is 24.2. The number of hydrogen-bond donors (Lipinski definition) is 2. The Hall–Kier alpha value is 0.886. The molecular weight excluding hydrogens is 232 g/mol. The third kappa shape index (κ3) is 23.1. The van der Waals surface area contributed by atoms with Crippen LogP contribution in [-0.2, 0) is 9.59 Å². The number of aliphatic carboxylic acids is 2. The van der Waals surface area contributed by atoms with E-state index in [0.717, 1.165) is 13.8 Å².